The van der Waals surface area contributed by atoms with Crippen LogP contribution in [0.1, 0.15) is 12.0 Å². The Morgan fingerprint density at radius 3 is 3.00 bits per heavy atom. The van der Waals surface area contributed by atoms with Crippen molar-refractivity contribution in [1.29, 1.82) is 0 Å². The molecule has 1 aliphatic heterocycles. The van der Waals surface area contributed by atoms with Gasteiger partial charge in [0.15, 0.2) is 0 Å². The summed E-state index contributed by atoms with van der Waals surface area (Å²) in [5.41, 5.74) is 1.90. The van der Waals surface area contributed by atoms with Crippen LogP contribution in [0.4, 0.5) is 5.69 Å². The molecule has 2 N–H and O–H groups in total. The van der Waals surface area contributed by atoms with Crippen LogP contribution in [0.5, 0.6) is 0 Å². The lowest BCUT2D eigenvalue weighted by molar-refractivity contribution is -0.119. The van der Waals surface area contributed by atoms with Crippen LogP contribution in [0.3, 0.4) is 0 Å². The van der Waals surface area contributed by atoms with Gasteiger partial charge in [0.2, 0.25) is 5.91 Å². The largest absolute Gasteiger partial charge is 0.375 e. The van der Waals surface area contributed by atoms with Gasteiger partial charge in [-0.3, -0.25) is 4.79 Å². The summed E-state index contributed by atoms with van der Waals surface area (Å²) in [6.07, 6.45) is 0.372. The standard InChI is InChI=1S/C13H17BrN2O2.ClH/c1-9-6-10(14)2-3-12(9)16-13(17)7-11-8-15-4-5-18-11;/h2-3,6,11,15H,4-5,7-8H2,1H3,(H,16,17);1H. The minimum absolute atomic E-state index is 0. The zero-order chi connectivity index (χ0) is 13.0. The molecular formula is C13H18BrClN2O2. The van der Waals surface area contributed by atoms with Gasteiger partial charge in [0, 0.05) is 23.2 Å². The molecule has 1 amide bonds. The van der Waals surface area contributed by atoms with Crippen molar-refractivity contribution in [3.8, 4) is 0 Å². The minimum atomic E-state index is -0.0190. The molecule has 4 nitrogen and oxygen atoms in total. The fourth-order valence-electron chi connectivity index (χ4n) is 1.93. The van der Waals surface area contributed by atoms with E-state index in [1.807, 2.05) is 25.1 Å². The van der Waals surface area contributed by atoms with Crippen molar-refractivity contribution < 1.29 is 9.53 Å². The summed E-state index contributed by atoms with van der Waals surface area (Å²) in [7, 11) is 0. The Kier molecular flexibility index (Phi) is 6.79. The van der Waals surface area contributed by atoms with Crippen LogP contribution < -0.4 is 10.6 Å². The molecule has 1 atom stereocenters. The monoisotopic (exact) mass is 348 g/mol. The lowest BCUT2D eigenvalue weighted by Gasteiger charge is -2.23. The number of hydrogen-bond acceptors (Lipinski definition) is 3. The molecule has 106 valence electrons. The lowest BCUT2D eigenvalue weighted by Crippen LogP contribution is -2.40. The van der Waals surface area contributed by atoms with Gasteiger partial charge in [-0.15, -0.1) is 12.4 Å². The van der Waals surface area contributed by atoms with E-state index in [2.05, 4.69) is 26.6 Å². The van der Waals surface area contributed by atoms with E-state index in [0.717, 1.165) is 28.8 Å². The zero-order valence-corrected chi connectivity index (χ0v) is 13.1. The van der Waals surface area contributed by atoms with Crippen molar-refractivity contribution in [3.63, 3.8) is 0 Å². The van der Waals surface area contributed by atoms with Crippen molar-refractivity contribution in [1.82, 2.24) is 5.32 Å². The molecule has 2 rings (SSSR count). The molecule has 1 saturated heterocycles. The molecule has 0 aromatic heterocycles. The average molecular weight is 350 g/mol. The number of carbonyl (C=O) groups is 1. The summed E-state index contributed by atoms with van der Waals surface area (Å²) in [6.45, 7) is 4.25. The number of nitrogens with one attached hydrogen (secondary N) is 2. The highest BCUT2D eigenvalue weighted by Crippen LogP contribution is 2.20. The van der Waals surface area contributed by atoms with E-state index < -0.39 is 0 Å². The summed E-state index contributed by atoms with van der Waals surface area (Å²) >= 11 is 3.40. The number of rotatable bonds is 3. The number of aryl methyl sites for hydroxylation is 1. The molecule has 1 aromatic rings. The fraction of sp³-hybridized carbons (Fsp3) is 0.462. The molecule has 19 heavy (non-hydrogen) atoms. The van der Waals surface area contributed by atoms with Gasteiger partial charge in [0.05, 0.1) is 19.1 Å². The molecule has 0 radical (unpaired) electrons. The highest BCUT2D eigenvalue weighted by atomic mass is 79.9. The summed E-state index contributed by atoms with van der Waals surface area (Å²) in [5, 5.41) is 6.13. The second-order valence-electron chi connectivity index (χ2n) is 4.41. The number of anilines is 1. The predicted octanol–water partition coefficient (Wildman–Crippen LogP) is 2.50. The highest BCUT2D eigenvalue weighted by Gasteiger charge is 2.17. The van der Waals surface area contributed by atoms with Crippen LogP contribution in [0, 0.1) is 6.92 Å². The lowest BCUT2D eigenvalue weighted by atomic mass is 10.1. The molecule has 1 heterocycles. The first-order valence-electron chi connectivity index (χ1n) is 6.03. The SMILES string of the molecule is Cc1cc(Br)ccc1NC(=O)CC1CNCCO1.Cl. The van der Waals surface area contributed by atoms with E-state index in [1.165, 1.54) is 0 Å². The molecule has 0 spiro atoms. The molecule has 1 fully saturated rings. The van der Waals surface area contributed by atoms with Gasteiger partial charge in [-0.2, -0.15) is 0 Å². The summed E-state index contributed by atoms with van der Waals surface area (Å²) in [4.78, 5) is 11.9. The Bertz CT molecular complexity index is 437. The number of morpholine rings is 1. The minimum Gasteiger partial charge on any atom is -0.375 e. The second-order valence-corrected chi connectivity index (χ2v) is 5.32. The van der Waals surface area contributed by atoms with Crippen molar-refractivity contribution in [2.45, 2.75) is 19.4 Å². The topological polar surface area (TPSA) is 50.4 Å². The van der Waals surface area contributed by atoms with Gasteiger partial charge in [0.25, 0.3) is 0 Å². The van der Waals surface area contributed by atoms with E-state index in [1.54, 1.807) is 0 Å². The van der Waals surface area contributed by atoms with Crippen LogP contribution in [0.2, 0.25) is 0 Å². The summed E-state index contributed by atoms with van der Waals surface area (Å²) in [6, 6.07) is 5.80. The first-order valence-corrected chi connectivity index (χ1v) is 6.83. The van der Waals surface area contributed by atoms with E-state index in [4.69, 9.17) is 4.74 Å². The number of benzene rings is 1. The molecule has 0 aliphatic carbocycles. The molecule has 0 saturated carbocycles. The Morgan fingerprint density at radius 1 is 1.58 bits per heavy atom. The van der Waals surface area contributed by atoms with Gasteiger partial charge in [-0.1, -0.05) is 15.9 Å². The van der Waals surface area contributed by atoms with Crippen LogP contribution in [0.15, 0.2) is 22.7 Å². The average Bonchev–Trinajstić information content (AvgIpc) is 2.34. The first kappa shape index (κ1) is 16.4. The van der Waals surface area contributed by atoms with Crippen LogP contribution in [-0.2, 0) is 9.53 Å². The Hall–Kier alpha value is -0.620. The third-order valence-electron chi connectivity index (χ3n) is 2.88. The van der Waals surface area contributed by atoms with Gasteiger partial charge >= 0.3 is 0 Å². The van der Waals surface area contributed by atoms with Crippen molar-refractivity contribution in [2.24, 2.45) is 0 Å². The molecule has 1 unspecified atom stereocenters. The van der Waals surface area contributed by atoms with E-state index in [0.29, 0.717) is 13.0 Å². The number of hydrogen-bond donors (Lipinski definition) is 2. The van der Waals surface area contributed by atoms with Gasteiger partial charge in [0.1, 0.15) is 0 Å². The van der Waals surface area contributed by atoms with Gasteiger partial charge in [-0.05, 0) is 30.7 Å². The third kappa shape index (κ3) is 5.10. The number of ether oxygens (including phenoxy) is 1. The quantitative estimate of drug-likeness (QED) is 0.881. The molecular weight excluding hydrogens is 332 g/mol. The smallest absolute Gasteiger partial charge is 0.227 e. The third-order valence-corrected chi connectivity index (χ3v) is 3.37. The molecule has 1 aliphatic rings. The fourth-order valence-corrected chi connectivity index (χ4v) is 2.40. The maximum atomic E-state index is 11.9. The zero-order valence-electron chi connectivity index (χ0n) is 10.7. The first-order chi connectivity index (χ1) is 8.65. The Morgan fingerprint density at radius 2 is 2.37 bits per heavy atom. The van der Waals surface area contributed by atoms with Crippen molar-refractivity contribution in [3.05, 3.63) is 28.2 Å². The second kappa shape index (κ2) is 7.85. The van der Waals surface area contributed by atoms with Gasteiger partial charge in [-0.25, -0.2) is 0 Å². The van der Waals surface area contributed by atoms with E-state index >= 15 is 0 Å². The number of amides is 1. The van der Waals surface area contributed by atoms with Gasteiger partial charge < -0.3 is 15.4 Å². The van der Waals surface area contributed by atoms with Crippen LogP contribution in [-0.4, -0.2) is 31.7 Å². The molecule has 0 bridgehead atoms. The summed E-state index contributed by atoms with van der Waals surface area (Å²) < 4.78 is 6.52. The van der Waals surface area contributed by atoms with Crippen molar-refractivity contribution >= 4 is 39.9 Å². The van der Waals surface area contributed by atoms with Crippen molar-refractivity contribution in [2.75, 3.05) is 25.0 Å². The number of halogens is 2. The maximum absolute atomic E-state index is 11.9. The van der Waals surface area contributed by atoms with Crippen LogP contribution >= 0.6 is 28.3 Å². The predicted molar refractivity (Wildman–Crippen MR) is 82.0 cm³/mol. The van der Waals surface area contributed by atoms with Crippen LogP contribution in [0.25, 0.3) is 0 Å². The Labute approximate surface area is 127 Å². The summed E-state index contributed by atoms with van der Waals surface area (Å²) in [5.74, 6) is -0.00544. The van der Waals surface area contributed by atoms with E-state index in [9.17, 15) is 4.79 Å². The Balaban J connectivity index is 0.00000180. The normalized spacial score (nSPS) is 18.5. The molecule has 6 heteroatoms. The van der Waals surface area contributed by atoms with E-state index in [-0.39, 0.29) is 24.4 Å². The maximum Gasteiger partial charge on any atom is 0.227 e. The molecule has 1 aromatic carbocycles. The highest BCUT2D eigenvalue weighted by molar-refractivity contribution is 9.10. The number of carbonyl (C=O) groups excluding carboxylic acids is 1.